The Morgan fingerprint density at radius 2 is 2.09 bits per heavy atom. The van der Waals surface area contributed by atoms with Crippen molar-refractivity contribution in [1.29, 1.82) is 0 Å². The van der Waals surface area contributed by atoms with Crippen LogP contribution >= 0.6 is 0 Å². The van der Waals surface area contributed by atoms with Crippen LogP contribution in [0.15, 0.2) is 12.4 Å². The number of anilines is 1. The summed E-state index contributed by atoms with van der Waals surface area (Å²) in [7, 11) is 4.74. The molecule has 22 heavy (non-hydrogen) atoms. The summed E-state index contributed by atoms with van der Waals surface area (Å²) in [5.74, 6) is -0.726. The molecule has 118 valence electrons. The van der Waals surface area contributed by atoms with Gasteiger partial charge in [-0.3, -0.25) is 14.2 Å². The molecule has 2 rings (SSSR count). The van der Waals surface area contributed by atoms with E-state index in [0.29, 0.717) is 24.2 Å². The first-order valence-electron chi connectivity index (χ1n) is 6.81. The molecular formula is C14H19N5O3. The Morgan fingerprint density at radius 1 is 1.36 bits per heavy atom. The fourth-order valence-electron chi connectivity index (χ4n) is 2.20. The lowest BCUT2D eigenvalue weighted by atomic mass is 10.2. The average molecular weight is 305 g/mol. The van der Waals surface area contributed by atoms with E-state index in [9.17, 15) is 9.59 Å². The fourth-order valence-corrected chi connectivity index (χ4v) is 2.20. The van der Waals surface area contributed by atoms with Gasteiger partial charge < -0.3 is 10.1 Å². The average Bonchev–Trinajstić information content (AvgIpc) is 3.00. The highest BCUT2D eigenvalue weighted by Gasteiger charge is 2.22. The number of aryl methyl sites for hydroxylation is 4. The number of carbonyl (C=O) groups is 2. The van der Waals surface area contributed by atoms with Crippen molar-refractivity contribution in [3.05, 3.63) is 29.3 Å². The normalized spacial score (nSPS) is 10.5. The van der Waals surface area contributed by atoms with E-state index in [1.807, 2.05) is 13.2 Å². The molecule has 0 bridgehead atoms. The molecule has 2 aromatic heterocycles. The second-order valence-electron chi connectivity index (χ2n) is 4.99. The number of ether oxygens (including phenoxy) is 1. The van der Waals surface area contributed by atoms with Gasteiger partial charge in [0.15, 0.2) is 5.69 Å². The number of hydrogen-bond acceptors (Lipinski definition) is 5. The molecule has 0 atom stereocenters. The van der Waals surface area contributed by atoms with Crippen LogP contribution in [0.5, 0.6) is 0 Å². The van der Waals surface area contributed by atoms with Crippen LogP contribution in [0.3, 0.4) is 0 Å². The molecular weight excluding hydrogens is 286 g/mol. The summed E-state index contributed by atoms with van der Waals surface area (Å²) in [5.41, 5.74) is 2.17. The molecule has 0 aromatic carbocycles. The number of nitrogens with one attached hydrogen (secondary N) is 1. The van der Waals surface area contributed by atoms with Gasteiger partial charge in [0.25, 0.3) is 0 Å². The van der Waals surface area contributed by atoms with E-state index in [1.165, 1.54) is 11.8 Å². The summed E-state index contributed by atoms with van der Waals surface area (Å²) in [5, 5.41) is 10.9. The maximum absolute atomic E-state index is 12.1. The van der Waals surface area contributed by atoms with Crippen LogP contribution in [0.4, 0.5) is 5.69 Å². The highest BCUT2D eigenvalue weighted by Crippen LogP contribution is 2.20. The summed E-state index contributed by atoms with van der Waals surface area (Å²) in [6, 6.07) is 0. The van der Waals surface area contributed by atoms with Crippen molar-refractivity contribution >= 4 is 17.6 Å². The number of nitrogens with zero attached hydrogens (tertiary/aromatic N) is 4. The molecule has 0 saturated heterocycles. The van der Waals surface area contributed by atoms with Crippen molar-refractivity contribution in [2.45, 2.75) is 19.8 Å². The van der Waals surface area contributed by atoms with Crippen molar-refractivity contribution in [3.63, 3.8) is 0 Å². The monoisotopic (exact) mass is 305 g/mol. The Labute approximate surface area is 128 Å². The van der Waals surface area contributed by atoms with Gasteiger partial charge in [0.05, 0.1) is 24.7 Å². The lowest BCUT2D eigenvalue weighted by Gasteiger charge is -2.06. The molecule has 0 aliphatic heterocycles. The predicted molar refractivity (Wildman–Crippen MR) is 79.4 cm³/mol. The molecule has 0 fully saturated rings. The minimum absolute atomic E-state index is 0.190. The minimum atomic E-state index is -0.536. The number of aromatic nitrogens is 4. The predicted octanol–water partition coefficient (Wildman–Crippen LogP) is 0.820. The van der Waals surface area contributed by atoms with E-state index >= 15 is 0 Å². The second kappa shape index (κ2) is 6.42. The van der Waals surface area contributed by atoms with E-state index in [1.54, 1.807) is 24.9 Å². The van der Waals surface area contributed by atoms with E-state index < -0.39 is 5.97 Å². The summed E-state index contributed by atoms with van der Waals surface area (Å²) in [6.07, 6.45) is 4.46. The van der Waals surface area contributed by atoms with Crippen molar-refractivity contribution in [1.82, 2.24) is 19.6 Å². The lowest BCUT2D eigenvalue weighted by Crippen LogP contribution is -2.17. The fraction of sp³-hybridized carbons (Fsp3) is 0.429. The Hall–Kier alpha value is -2.64. The molecule has 0 unspecified atom stereocenters. The number of carbonyl (C=O) groups excluding carboxylic acids is 2. The molecule has 0 spiro atoms. The second-order valence-corrected chi connectivity index (χ2v) is 4.99. The molecule has 1 N–H and O–H groups in total. The minimum Gasteiger partial charge on any atom is -0.464 e. The topological polar surface area (TPSA) is 91.0 Å². The van der Waals surface area contributed by atoms with Crippen LogP contribution < -0.4 is 5.32 Å². The van der Waals surface area contributed by atoms with Crippen LogP contribution in [0.25, 0.3) is 0 Å². The van der Waals surface area contributed by atoms with Crippen LogP contribution in [-0.4, -0.2) is 38.5 Å². The lowest BCUT2D eigenvalue weighted by molar-refractivity contribution is -0.116. The van der Waals surface area contributed by atoms with Crippen molar-refractivity contribution in [2.75, 3.05) is 12.4 Å². The van der Waals surface area contributed by atoms with Gasteiger partial charge in [0.2, 0.25) is 5.91 Å². The largest absolute Gasteiger partial charge is 0.464 e. The van der Waals surface area contributed by atoms with Gasteiger partial charge in [-0.25, -0.2) is 4.79 Å². The Balaban J connectivity index is 2.06. The first kappa shape index (κ1) is 15.7. The van der Waals surface area contributed by atoms with E-state index in [-0.39, 0.29) is 11.6 Å². The zero-order valence-electron chi connectivity index (χ0n) is 13.1. The van der Waals surface area contributed by atoms with Crippen LogP contribution in [0.1, 0.15) is 28.2 Å². The van der Waals surface area contributed by atoms with Gasteiger partial charge in [0.1, 0.15) is 0 Å². The summed E-state index contributed by atoms with van der Waals surface area (Å²) in [6.45, 7) is 1.73. The van der Waals surface area contributed by atoms with Gasteiger partial charge in [0, 0.05) is 26.7 Å². The number of esters is 1. The van der Waals surface area contributed by atoms with Gasteiger partial charge in [-0.15, -0.1) is 0 Å². The highest BCUT2D eigenvalue weighted by atomic mass is 16.5. The first-order valence-corrected chi connectivity index (χ1v) is 6.81. The van der Waals surface area contributed by atoms with Gasteiger partial charge in [-0.1, -0.05) is 0 Å². The van der Waals surface area contributed by atoms with Crippen LogP contribution in [0, 0.1) is 6.92 Å². The standard InChI is InChI=1S/C14H19N5O3/c1-9-12(13(14(21)22-4)19(3)17-9)16-11(20)6-5-10-7-15-18(2)8-10/h7-8H,5-6H2,1-4H3,(H,16,20). The smallest absolute Gasteiger partial charge is 0.358 e. The van der Waals surface area contributed by atoms with E-state index in [0.717, 1.165) is 5.56 Å². The number of methoxy groups -OCH3 is 1. The molecule has 2 aromatic rings. The van der Waals surface area contributed by atoms with Crippen molar-refractivity contribution in [3.8, 4) is 0 Å². The van der Waals surface area contributed by atoms with Crippen molar-refractivity contribution in [2.24, 2.45) is 14.1 Å². The molecule has 8 nitrogen and oxygen atoms in total. The quantitative estimate of drug-likeness (QED) is 0.826. The third kappa shape index (κ3) is 3.33. The molecule has 1 amide bonds. The summed E-state index contributed by atoms with van der Waals surface area (Å²) in [4.78, 5) is 23.9. The Morgan fingerprint density at radius 3 is 2.68 bits per heavy atom. The van der Waals surface area contributed by atoms with Crippen LogP contribution in [0.2, 0.25) is 0 Å². The SMILES string of the molecule is COC(=O)c1c(NC(=O)CCc2cnn(C)c2)c(C)nn1C. The van der Waals surface area contributed by atoms with Crippen molar-refractivity contribution < 1.29 is 14.3 Å². The third-order valence-electron chi connectivity index (χ3n) is 3.26. The van der Waals surface area contributed by atoms with E-state index in [4.69, 9.17) is 4.74 Å². The highest BCUT2D eigenvalue weighted by molar-refractivity contribution is 6.00. The summed E-state index contributed by atoms with van der Waals surface area (Å²) >= 11 is 0. The van der Waals surface area contributed by atoms with Gasteiger partial charge in [-0.2, -0.15) is 10.2 Å². The first-order chi connectivity index (χ1) is 10.4. The van der Waals surface area contributed by atoms with Gasteiger partial charge >= 0.3 is 5.97 Å². The third-order valence-corrected chi connectivity index (χ3v) is 3.26. The molecule has 0 aliphatic rings. The maximum Gasteiger partial charge on any atom is 0.358 e. The molecule has 2 heterocycles. The van der Waals surface area contributed by atoms with Gasteiger partial charge in [-0.05, 0) is 18.9 Å². The molecule has 0 aliphatic carbocycles. The summed E-state index contributed by atoms with van der Waals surface area (Å²) < 4.78 is 7.81. The van der Waals surface area contributed by atoms with E-state index in [2.05, 4.69) is 15.5 Å². The zero-order valence-corrected chi connectivity index (χ0v) is 13.1. The molecule has 0 saturated carbocycles. The Kier molecular flexibility index (Phi) is 4.59. The number of amides is 1. The Bertz CT molecular complexity index is 701. The maximum atomic E-state index is 12.1. The van der Waals surface area contributed by atoms with Crippen LogP contribution in [-0.2, 0) is 30.0 Å². The molecule has 0 radical (unpaired) electrons. The number of hydrogen-bond donors (Lipinski definition) is 1. The number of rotatable bonds is 5. The zero-order chi connectivity index (χ0) is 16.3. The molecule has 8 heteroatoms.